The highest BCUT2D eigenvalue weighted by Gasteiger charge is 2.35. The summed E-state index contributed by atoms with van der Waals surface area (Å²) in [5.41, 5.74) is 8.35. The summed E-state index contributed by atoms with van der Waals surface area (Å²) in [6.45, 7) is 9.45. The number of nitrogens with two attached hydrogens (primary N) is 1. The van der Waals surface area contributed by atoms with E-state index in [1.807, 2.05) is 31.7 Å². The first-order valence-corrected chi connectivity index (χ1v) is 9.54. The van der Waals surface area contributed by atoms with Gasteiger partial charge in [0.25, 0.3) is 0 Å². The lowest BCUT2D eigenvalue weighted by atomic mass is 10.1. The SMILES string of the molecule is Cc1cc(CN)cc(S(=O)(=O)N2CCSC(C)(C)C2)c1C. The van der Waals surface area contributed by atoms with Gasteiger partial charge < -0.3 is 5.73 Å². The number of aryl methyl sites for hydroxylation is 1. The van der Waals surface area contributed by atoms with Gasteiger partial charge in [-0.1, -0.05) is 6.07 Å². The zero-order chi connectivity index (χ0) is 15.8. The van der Waals surface area contributed by atoms with Gasteiger partial charge in [-0.2, -0.15) is 16.1 Å². The van der Waals surface area contributed by atoms with Gasteiger partial charge in [0.2, 0.25) is 10.0 Å². The Labute approximate surface area is 132 Å². The van der Waals surface area contributed by atoms with Crippen molar-refractivity contribution < 1.29 is 8.42 Å². The second kappa shape index (κ2) is 5.91. The van der Waals surface area contributed by atoms with Crippen molar-refractivity contribution in [3.05, 3.63) is 28.8 Å². The van der Waals surface area contributed by atoms with Gasteiger partial charge in [-0.25, -0.2) is 8.42 Å². The maximum absolute atomic E-state index is 13.0. The Kier molecular flexibility index (Phi) is 4.73. The van der Waals surface area contributed by atoms with Gasteiger partial charge in [-0.05, 0) is 50.5 Å². The molecule has 0 bridgehead atoms. The Bertz CT molecular complexity index is 639. The predicted molar refractivity (Wildman–Crippen MR) is 89.1 cm³/mol. The summed E-state index contributed by atoms with van der Waals surface area (Å²) in [6.07, 6.45) is 0. The van der Waals surface area contributed by atoms with Crippen molar-refractivity contribution in [3.8, 4) is 0 Å². The Hall–Kier alpha value is -0.560. The van der Waals surface area contributed by atoms with Crippen LogP contribution in [0.15, 0.2) is 17.0 Å². The minimum Gasteiger partial charge on any atom is -0.326 e. The van der Waals surface area contributed by atoms with Gasteiger partial charge in [0, 0.05) is 30.1 Å². The van der Waals surface area contributed by atoms with Gasteiger partial charge >= 0.3 is 0 Å². The maximum Gasteiger partial charge on any atom is 0.243 e. The molecule has 0 spiro atoms. The Balaban J connectivity index is 2.47. The lowest BCUT2D eigenvalue weighted by Gasteiger charge is -2.37. The molecule has 0 saturated carbocycles. The van der Waals surface area contributed by atoms with Crippen LogP contribution in [-0.4, -0.2) is 36.3 Å². The molecular weight excluding hydrogens is 304 g/mol. The molecule has 0 amide bonds. The average Bonchev–Trinajstić information content (AvgIpc) is 2.40. The second-order valence-corrected chi connectivity index (χ2v) is 9.90. The van der Waals surface area contributed by atoms with Gasteiger partial charge in [-0.3, -0.25) is 0 Å². The molecule has 1 aromatic rings. The molecule has 0 atom stereocenters. The molecule has 6 heteroatoms. The number of sulfonamides is 1. The molecule has 0 aliphatic carbocycles. The number of hydrogen-bond acceptors (Lipinski definition) is 4. The molecule has 2 N–H and O–H groups in total. The van der Waals surface area contributed by atoms with Crippen LogP contribution in [0.1, 0.15) is 30.5 Å². The van der Waals surface area contributed by atoms with Gasteiger partial charge in [0.15, 0.2) is 0 Å². The fraction of sp³-hybridized carbons (Fsp3) is 0.600. The number of hydrogen-bond donors (Lipinski definition) is 1. The monoisotopic (exact) mass is 328 g/mol. The molecule has 0 unspecified atom stereocenters. The van der Waals surface area contributed by atoms with E-state index in [4.69, 9.17) is 5.73 Å². The summed E-state index contributed by atoms with van der Waals surface area (Å²) in [5, 5.41) is 0. The highest BCUT2D eigenvalue weighted by atomic mass is 32.2. The van der Waals surface area contributed by atoms with Crippen LogP contribution in [0.5, 0.6) is 0 Å². The van der Waals surface area contributed by atoms with E-state index in [1.54, 1.807) is 10.4 Å². The summed E-state index contributed by atoms with van der Waals surface area (Å²) < 4.78 is 27.6. The molecule has 1 aromatic carbocycles. The zero-order valence-corrected chi connectivity index (χ0v) is 14.8. The van der Waals surface area contributed by atoms with Crippen molar-refractivity contribution in [2.75, 3.05) is 18.8 Å². The maximum atomic E-state index is 13.0. The van der Waals surface area contributed by atoms with E-state index in [-0.39, 0.29) is 4.75 Å². The smallest absolute Gasteiger partial charge is 0.243 e. The highest BCUT2D eigenvalue weighted by molar-refractivity contribution is 8.00. The molecule has 21 heavy (non-hydrogen) atoms. The largest absolute Gasteiger partial charge is 0.326 e. The molecule has 1 saturated heterocycles. The summed E-state index contributed by atoms with van der Waals surface area (Å²) in [6, 6.07) is 3.69. The van der Waals surface area contributed by atoms with E-state index in [1.165, 1.54) is 0 Å². The van der Waals surface area contributed by atoms with Crippen molar-refractivity contribution in [1.29, 1.82) is 0 Å². The average molecular weight is 329 g/mol. The molecule has 1 fully saturated rings. The Morgan fingerprint density at radius 3 is 2.57 bits per heavy atom. The van der Waals surface area contributed by atoms with E-state index in [9.17, 15) is 8.42 Å². The van der Waals surface area contributed by atoms with Crippen LogP contribution in [0.3, 0.4) is 0 Å². The number of rotatable bonds is 3. The molecule has 4 nitrogen and oxygen atoms in total. The molecule has 2 rings (SSSR count). The topological polar surface area (TPSA) is 63.4 Å². The minimum atomic E-state index is -3.45. The summed E-state index contributed by atoms with van der Waals surface area (Å²) in [4.78, 5) is 0.408. The lowest BCUT2D eigenvalue weighted by Crippen LogP contribution is -2.46. The van der Waals surface area contributed by atoms with Crippen LogP contribution in [-0.2, 0) is 16.6 Å². The van der Waals surface area contributed by atoms with Crippen LogP contribution in [0.2, 0.25) is 0 Å². The molecule has 118 valence electrons. The molecule has 0 radical (unpaired) electrons. The highest BCUT2D eigenvalue weighted by Crippen LogP contribution is 2.33. The van der Waals surface area contributed by atoms with Gasteiger partial charge in [-0.15, -0.1) is 0 Å². The quantitative estimate of drug-likeness (QED) is 0.924. The fourth-order valence-corrected chi connectivity index (χ4v) is 5.86. The van der Waals surface area contributed by atoms with E-state index in [2.05, 4.69) is 13.8 Å². The number of thioether (sulfide) groups is 1. The summed E-state index contributed by atoms with van der Waals surface area (Å²) in [7, 11) is -3.45. The molecular formula is C15H24N2O2S2. The van der Waals surface area contributed by atoms with Crippen LogP contribution in [0.25, 0.3) is 0 Å². The normalized spacial score (nSPS) is 19.7. The van der Waals surface area contributed by atoms with Crippen molar-refractivity contribution in [2.24, 2.45) is 5.73 Å². The third kappa shape index (κ3) is 3.44. The van der Waals surface area contributed by atoms with Crippen molar-refractivity contribution in [2.45, 2.75) is 43.9 Å². The Morgan fingerprint density at radius 2 is 2.00 bits per heavy atom. The third-order valence-corrected chi connectivity index (χ3v) is 7.19. The van der Waals surface area contributed by atoms with Crippen molar-refractivity contribution in [1.82, 2.24) is 4.31 Å². The van der Waals surface area contributed by atoms with Crippen LogP contribution < -0.4 is 5.73 Å². The van der Waals surface area contributed by atoms with E-state index < -0.39 is 10.0 Å². The molecule has 1 heterocycles. The zero-order valence-electron chi connectivity index (χ0n) is 13.1. The van der Waals surface area contributed by atoms with Crippen LogP contribution in [0.4, 0.5) is 0 Å². The van der Waals surface area contributed by atoms with Gasteiger partial charge in [0.1, 0.15) is 0 Å². The molecule has 1 aliphatic heterocycles. The Morgan fingerprint density at radius 1 is 1.33 bits per heavy atom. The first-order chi connectivity index (χ1) is 9.67. The third-order valence-electron chi connectivity index (χ3n) is 3.92. The number of nitrogens with zero attached hydrogens (tertiary/aromatic N) is 1. The van der Waals surface area contributed by atoms with Crippen LogP contribution >= 0.6 is 11.8 Å². The van der Waals surface area contributed by atoms with Crippen LogP contribution in [0, 0.1) is 13.8 Å². The predicted octanol–water partition coefficient (Wildman–Crippen LogP) is 2.28. The lowest BCUT2D eigenvalue weighted by molar-refractivity contribution is 0.387. The number of benzene rings is 1. The van der Waals surface area contributed by atoms with Crippen molar-refractivity contribution >= 4 is 21.8 Å². The summed E-state index contributed by atoms with van der Waals surface area (Å²) >= 11 is 1.82. The molecule has 0 aromatic heterocycles. The summed E-state index contributed by atoms with van der Waals surface area (Å²) in [5.74, 6) is 0.834. The first-order valence-electron chi connectivity index (χ1n) is 7.12. The van der Waals surface area contributed by atoms with E-state index >= 15 is 0 Å². The standard InChI is InChI=1S/C15H24N2O2S2/c1-11-7-13(9-16)8-14(12(11)2)21(18,19)17-5-6-20-15(3,4)10-17/h7-8H,5-6,9-10,16H2,1-4H3. The minimum absolute atomic E-state index is 0.0419. The fourth-order valence-electron chi connectivity index (χ4n) is 2.60. The first kappa shape index (κ1) is 16.8. The second-order valence-electron chi connectivity index (χ2n) is 6.19. The van der Waals surface area contributed by atoms with Crippen molar-refractivity contribution in [3.63, 3.8) is 0 Å². The van der Waals surface area contributed by atoms with E-state index in [0.29, 0.717) is 24.5 Å². The van der Waals surface area contributed by atoms with Gasteiger partial charge in [0.05, 0.1) is 4.90 Å². The molecule has 1 aliphatic rings. The van der Waals surface area contributed by atoms with E-state index in [0.717, 1.165) is 22.4 Å².